The summed E-state index contributed by atoms with van der Waals surface area (Å²) >= 11 is 1.52. The van der Waals surface area contributed by atoms with Crippen LogP contribution < -0.4 is 14.5 Å². The fourth-order valence-electron chi connectivity index (χ4n) is 2.92. The van der Waals surface area contributed by atoms with Crippen LogP contribution in [0.1, 0.15) is 21.5 Å². The third-order valence-corrected chi connectivity index (χ3v) is 5.57. The number of aryl methyl sites for hydroxylation is 2. The lowest BCUT2D eigenvalue weighted by molar-refractivity contribution is -0.856. The van der Waals surface area contributed by atoms with E-state index in [0.29, 0.717) is 11.7 Å². The highest BCUT2D eigenvalue weighted by Gasteiger charge is 2.24. The minimum atomic E-state index is -0.00419. The minimum absolute atomic E-state index is 0.00419. The highest BCUT2D eigenvalue weighted by Crippen LogP contribution is 2.34. The van der Waals surface area contributed by atoms with Crippen LogP contribution in [0.4, 0.5) is 5.13 Å². The molecule has 0 unspecified atom stereocenters. The molecule has 1 aromatic heterocycles. The SMILES string of the molecule is COc1cccc2sc(N(CC[NH+](C)C)C(=O)c3cc(C)ccc3C)nc12. The summed E-state index contributed by atoms with van der Waals surface area (Å²) in [5.74, 6) is 0.725. The van der Waals surface area contributed by atoms with Crippen molar-refractivity contribution in [1.82, 2.24) is 4.98 Å². The number of methoxy groups -OCH3 is 1. The van der Waals surface area contributed by atoms with Gasteiger partial charge >= 0.3 is 0 Å². The maximum absolute atomic E-state index is 13.4. The number of quaternary nitrogens is 1. The average Bonchev–Trinajstić information content (AvgIpc) is 3.07. The van der Waals surface area contributed by atoms with Gasteiger partial charge in [0.1, 0.15) is 11.3 Å². The molecule has 1 amide bonds. The van der Waals surface area contributed by atoms with Crippen molar-refractivity contribution in [3.63, 3.8) is 0 Å². The molecule has 0 bridgehead atoms. The number of nitrogens with one attached hydrogen (secondary N) is 1. The Morgan fingerprint density at radius 3 is 2.70 bits per heavy atom. The average molecular weight is 385 g/mol. The van der Waals surface area contributed by atoms with E-state index in [0.717, 1.165) is 39.2 Å². The van der Waals surface area contributed by atoms with Gasteiger partial charge in [-0.05, 0) is 37.6 Å². The number of hydrogen-bond acceptors (Lipinski definition) is 4. The number of likely N-dealkylation sites (N-methyl/N-ethyl adjacent to an activating group) is 1. The lowest BCUT2D eigenvalue weighted by Crippen LogP contribution is -3.06. The summed E-state index contributed by atoms with van der Waals surface area (Å²) in [4.78, 5) is 21.3. The van der Waals surface area contributed by atoms with E-state index < -0.39 is 0 Å². The quantitative estimate of drug-likeness (QED) is 0.711. The first-order valence-electron chi connectivity index (χ1n) is 9.02. The molecule has 142 valence electrons. The number of anilines is 1. The molecule has 27 heavy (non-hydrogen) atoms. The lowest BCUT2D eigenvalue weighted by atomic mass is 10.0. The van der Waals surface area contributed by atoms with Gasteiger partial charge in [-0.3, -0.25) is 9.69 Å². The van der Waals surface area contributed by atoms with E-state index in [2.05, 4.69) is 14.1 Å². The van der Waals surface area contributed by atoms with Gasteiger partial charge in [0.15, 0.2) is 5.13 Å². The van der Waals surface area contributed by atoms with Gasteiger partial charge in [0.25, 0.3) is 5.91 Å². The standard InChI is InChI=1S/C21H25N3O2S/c1-14-9-10-15(2)16(13-14)20(25)24(12-11-23(3)4)21-22-19-17(26-5)7-6-8-18(19)27-21/h6-10,13H,11-12H2,1-5H3/p+1. The number of nitrogens with zero attached hydrogens (tertiary/aromatic N) is 2. The van der Waals surface area contributed by atoms with Crippen LogP contribution >= 0.6 is 11.3 Å². The van der Waals surface area contributed by atoms with Crippen LogP contribution in [0.25, 0.3) is 10.2 Å². The maximum atomic E-state index is 13.4. The monoisotopic (exact) mass is 384 g/mol. The third-order valence-electron chi connectivity index (χ3n) is 4.53. The molecule has 0 saturated carbocycles. The van der Waals surface area contributed by atoms with E-state index in [1.807, 2.05) is 50.2 Å². The summed E-state index contributed by atoms with van der Waals surface area (Å²) in [5, 5.41) is 0.710. The number of fused-ring (bicyclic) bond motifs is 1. The Hall–Kier alpha value is -2.44. The van der Waals surface area contributed by atoms with Crippen molar-refractivity contribution >= 4 is 32.6 Å². The Bertz CT molecular complexity index is 965. The van der Waals surface area contributed by atoms with Crippen molar-refractivity contribution in [3.05, 3.63) is 53.1 Å². The summed E-state index contributed by atoms with van der Waals surface area (Å²) in [6.45, 7) is 5.43. The van der Waals surface area contributed by atoms with Gasteiger partial charge in [-0.25, -0.2) is 4.98 Å². The number of carbonyl (C=O) groups excluding carboxylic acids is 1. The molecule has 6 heteroatoms. The normalized spacial score (nSPS) is 11.2. The van der Waals surface area contributed by atoms with Crippen LogP contribution in [0.15, 0.2) is 36.4 Å². The summed E-state index contributed by atoms with van der Waals surface area (Å²) in [7, 11) is 5.81. The van der Waals surface area contributed by atoms with Crippen LogP contribution in [0.2, 0.25) is 0 Å². The van der Waals surface area contributed by atoms with Crippen molar-refractivity contribution in [3.8, 4) is 5.75 Å². The first-order chi connectivity index (χ1) is 12.9. The predicted molar refractivity (Wildman–Crippen MR) is 111 cm³/mol. The van der Waals surface area contributed by atoms with Crippen molar-refractivity contribution in [2.45, 2.75) is 13.8 Å². The topological polar surface area (TPSA) is 46.9 Å². The summed E-state index contributed by atoms with van der Waals surface area (Å²) in [6.07, 6.45) is 0. The second kappa shape index (κ2) is 8.06. The molecule has 0 aliphatic rings. The number of thiazole rings is 1. The first kappa shape index (κ1) is 19.3. The number of aromatic nitrogens is 1. The van der Waals surface area contributed by atoms with Gasteiger partial charge in [0.05, 0.1) is 39.0 Å². The lowest BCUT2D eigenvalue weighted by Gasteiger charge is -2.21. The van der Waals surface area contributed by atoms with Gasteiger partial charge in [-0.1, -0.05) is 35.1 Å². The van der Waals surface area contributed by atoms with Crippen molar-refractivity contribution in [1.29, 1.82) is 0 Å². The molecule has 3 rings (SSSR count). The molecule has 1 N–H and O–H groups in total. The van der Waals surface area contributed by atoms with E-state index in [1.54, 1.807) is 12.0 Å². The molecule has 5 nitrogen and oxygen atoms in total. The van der Waals surface area contributed by atoms with E-state index >= 15 is 0 Å². The van der Waals surface area contributed by atoms with Crippen LogP contribution in [0, 0.1) is 13.8 Å². The first-order valence-corrected chi connectivity index (χ1v) is 9.84. The molecular weight excluding hydrogens is 358 g/mol. The van der Waals surface area contributed by atoms with Crippen molar-refractivity contribution in [2.75, 3.05) is 39.2 Å². The number of benzene rings is 2. The summed E-state index contributed by atoms with van der Waals surface area (Å²) < 4.78 is 6.45. The Labute approximate surface area is 164 Å². The fraction of sp³-hybridized carbons (Fsp3) is 0.333. The third kappa shape index (κ3) is 4.12. The number of carbonyl (C=O) groups is 1. The molecule has 3 aromatic rings. The molecule has 0 fully saturated rings. The summed E-state index contributed by atoms with van der Waals surface area (Å²) in [6, 6.07) is 11.8. The minimum Gasteiger partial charge on any atom is -0.494 e. The fourth-order valence-corrected chi connectivity index (χ4v) is 3.93. The van der Waals surface area contributed by atoms with Gasteiger partial charge < -0.3 is 9.64 Å². The molecule has 1 heterocycles. The van der Waals surface area contributed by atoms with Crippen LogP contribution in [-0.4, -0.2) is 45.2 Å². The zero-order chi connectivity index (χ0) is 19.6. The maximum Gasteiger partial charge on any atom is 0.260 e. The number of hydrogen-bond donors (Lipinski definition) is 1. The van der Waals surface area contributed by atoms with Gasteiger partial charge in [0, 0.05) is 5.56 Å². The zero-order valence-electron chi connectivity index (χ0n) is 16.5. The van der Waals surface area contributed by atoms with E-state index in [4.69, 9.17) is 9.72 Å². The number of para-hydroxylation sites is 1. The molecular formula is C21H26N3O2S+. The molecule has 2 aromatic carbocycles. The predicted octanol–water partition coefficient (Wildman–Crippen LogP) is 2.71. The van der Waals surface area contributed by atoms with Gasteiger partial charge in [-0.2, -0.15) is 0 Å². The highest BCUT2D eigenvalue weighted by atomic mass is 32.1. The van der Waals surface area contributed by atoms with Crippen LogP contribution in [0.3, 0.4) is 0 Å². The second-order valence-corrected chi connectivity index (χ2v) is 8.04. The zero-order valence-corrected chi connectivity index (χ0v) is 17.3. The number of rotatable bonds is 6. The molecule has 0 spiro atoms. The Morgan fingerprint density at radius 1 is 1.22 bits per heavy atom. The van der Waals surface area contributed by atoms with Gasteiger partial charge in [0.2, 0.25) is 0 Å². The molecule has 0 aliphatic heterocycles. The Morgan fingerprint density at radius 2 is 2.00 bits per heavy atom. The van der Waals surface area contributed by atoms with E-state index in [-0.39, 0.29) is 5.91 Å². The van der Waals surface area contributed by atoms with Gasteiger partial charge in [-0.15, -0.1) is 0 Å². The number of ether oxygens (including phenoxy) is 1. The Kier molecular flexibility index (Phi) is 5.77. The number of amides is 1. The Balaban J connectivity index is 2.05. The second-order valence-electron chi connectivity index (χ2n) is 7.04. The van der Waals surface area contributed by atoms with Crippen molar-refractivity contribution in [2.24, 2.45) is 0 Å². The molecule has 0 radical (unpaired) electrons. The molecule has 0 saturated heterocycles. The smallest absolute Gasteiger partial charge is 0.260 e. The van der Waals surface area contributed by atoms with E-state index in [9.17, 15) is 4.79 Å². The summed E-state index contributed by atoms with van der Waals surface area (Å²) in [5.41, 5.74) is 3.59. The largest absolute Gasteiger partial charge is 0.494 e. The highest BCUT2D eigenvalue weighted by molar-refractivity contribution is 7.22. The van der Waals surface area contributed by atoms with Crippen LogP contribution in [0.5, 0.6) is 5.75 Å². The van der Waals surface area contributed by atoms with E-state index in [1.165, 1.54) is 16.2 Å². The van der Waals surface area contributed by atoms with Crippen LogP contribution in [-0.2, 0) is 0 Å². The van der Waals surface area contributed by atoms with Crippen molar-refractivity contribution < 1.29 is 14.4 Å². The molecule has 0 aliphatic carbocycles. The molecule has 0 atom stereocenters.